The highest BCUT2D eigenvalue weighted by molar-refractivity contribution is 7.98. The number of nitrogens with one attached hydrogen (secondary N) is 1. The number of benzene rings is 1. The molecule has 24 heavy (non-hydrogen) atoms. The molecule has 6 nitrogen and oxygen atoms in total. The summed E-state index contributed by atoms with van der Waals surface area (Å²) < 4.78 is 0. The maximum Gasteiger partial charge on any atom is 0.143 e. The van der Waals surface area contributed by atoms with Gasteiger partial charge in [-0.1, -0.05) is 42.1 Å². The van der Waals surface area contributed by atoms with Crippen molar-refractivity contribution in [1.82, 2.24) is 15.0 Å². The third-order valence-electron chi connectivity index (χ3n) is 3.40. The number of aromatic amines is 1. The Labute approximate surface area is 143 Å². The van der Waals surface area contributed by atoms with Crippen molar-refractivity contribution >= 4 is 17.6 Å². The fourth-order valence-electron chi connectivity index (χ4n) is 2.31. The van der Waals surface area contributed by atoms with Crippen molar-refractivity contribution in [1.29, 1.82) is 10.5 Å². The Balaban J connectivity index is 2.12. The lowest BCUT2D eigenvalue weighted by Crippen LogP contribution is -2.03. The maximum absolute atomic E-state index is 9.65. The van der Waals surface area contributed by atoms with Gasteiger partial charge >= 0.3 is 0 Å². The molecule has 0 bridgehead atoms. The van der Waals surface area contributed by atoms with Gasteiger partial charge in [-0.25, -0.2) is 9.97 Å². The lowest BCUT2D eigenvalue weighted by molar-refractivity contribution is 1.11. The van der Waals surface area contributed by atoms with Gasteiger partial charge in [0.1, 0.15) is 28.5 Å². The number of nitrogen functional groups attached to an aromatic ring is 1. The van der Waals surface area contributed by atoms with Crippen molar-refractivity contribution in [3.8, 4) is 23.3 Å². The van der Waals surface area contributed by atoms with Gasteiger partial charge in [0.2, 0.25) is 0 Å². The van der Waals surface area contributed by atoms with E-state index in [4.69, 9.17) is 5.73 Å². The summed E-state index contributed by atoms with van der Waals surface area (Å²) in [6.07, 6.45) is 3.31. The molecule has 0 saturated carbocycles. The predicted octanol–water partition coefficient (Wildman–Crippen LogP) is 3.09. The first-order valence-electron chi connectivity index (χ1n) is 7.03. The molecule has 0 atom stereocenters. The van der Waals surface area contributed by atoms with E-state index in [1.165, 1.54) is 11.8 Å². The van der Waals surface area contributed by atoms with Crippen molar-refractivity contribution in [3.63, 3.8) is 0 Å². The molecule has 0 amide bonds. The molecule has 0 aliphatic rings. The highest BCUT2D eigenvalue weighted by atomic mass is 32.2. The Morgan fingerprint density at radius 1 is 1.12 bits per heavy atom. The van der Waals surface area contributed by atoms with Gasteiger partial charge in [-0.2, -0.15) is 10.5 Å². The molecule has 0 fully saturated rings. The van der Waals surface area contributed by atoms with Gasteiger partial charge in [0, 0.05) is 23.2 Å². The van der Waals surface area contributed by atoms with Crippen molar-refractivity contribution < 1.29 is 0 Å². The summed E-state index contributed by atoms with van der Waals surface area (Å²) in [6, 6.07) is 13.5. The maximum atomic E-state index is 9.65. The Morgan fingerprint density at radius 2 is 1.88 bits per heavy atom. The quantitative estimate of drug-likeness (QED) is 0.709. The van der Waals surface area contributed by atoms with E-state index in [9.17, 15) is 10.5 Å². The van der Waals surface area contributed by atoms with Gasteiger partial charge in [0.25, 0.3) is 0 Å². The smallest absolute Gasteiger partial charge is 0.143 e. The fraction of sp³-hybridized carbons (Fsp3) is 0.0588. The number of thioether (sulfide) groups is 1. The molecule has 3 rings (SSSR count). The van der Waals surface area contributed by atoms with Crippen LogP contribution in [0.2, 0.25) is 0 Å². The van der Waals surface area contributed by atoms with Crippen LogP contribution in [0.1, 0.15) is 16.8 Å². The highest BCUT2D eigenvalue weighted by Gasteiger charge is 2.20. The SMILES string of the molecule is N#Cc1c(N)nc(SCc2cnc[nH]2)c(C#N)c1-c1ccccc1. The van der Waals surface area contributed by atoms with Crippen LogP contribution in [0.15, 0.2) is 47.9 Å². The molecular formula is C17H12N6S. The second-order valence-corrected chi connectivity index (χ2v) is 5.85. The molecule has 0 saturated heterocycles. The zero-order valence-electron chi connectivity index (χ0n) is 12.5. The number of rotatable bonds is 4. The third-order valence-corrected chi connectivity index (χ3v) is 4.42. The summed E-state index contributed by atoms with van der Waals surface area (Å²) in [5, 5.41) is 19.6. The Hall–Kier alpha value is -3.29. The molecule has 1 aromatic carbocycles. The van der Waals surface area contributed by atoms with Crippen LogP contribution in [0, 0.1) is 22.7 Å². The second-order valence-electron chi connectivity index (χ2n) is 4.88. The van der Waals surface area contributed by atoms with Gasteiger partial charge < -0.3 is 10.7 Å². The van der Waals surface area contributed by atoms with E-state index in [1.54, 1.807) is 12.5 Å². The molecule has 0 unspecified atom stereocenters. The number of imidazole rings is 1. The van der Waals surface area contributed by atoms with Crippen LogP contribution in [0.3, 0.4) is 0 Å². The minimum atomic E-state index is 0.127. The van der Waals surface area contributed by atoms with Crippen LogP contribution in [0.5, 0.6) is 0 Å². The zero-order chi connectivity index (χ0) is 16.9. The van der Waals surface area contributed by atoms with Crippen LogP contribution >= 0.6 is 11.8 Å². The van der Waals surface area contributed by atoms with Crippen LogP contribution in [-0.4, -0.2) is 15.0 Å². The lowest BCUT2D eigenvalue weighted by atomic mass is 9.97. The molecule has 3 aromatic rings. The van der Waals surface area contributed by atoms with Crippen LogP contribution in [0.25, 0.3) is 11.1 Å². The number of pyridine rings is 1. The molecule has 2 heterocycles. The van der Waals surface area contributed by atoms with Crippen molar-refractivity contribution in [2.45, 2.75) is 10.8 Å². The number of hydrogen-bond donors (Lipinski definition) is 2. The van der Waals surface area contributed by atoms with Gasteiger partial charge in [0.15, 0.2) is 0 Å². The van der Waals surface area contributed by atoms with Gasteiger partial charge in [0.05, 0.1) is 11.9 Å². The first kappa shape index (κ1) is 15.6. The van der Waals surface area contributed by atoms with E-state index in [0.29, 0.717) is 21.9 Å². The van der Waals surface area contributed by atoms with Gasteiger partial charge in [-0.3, -0.25) is 0 Å². The average Bonchev–Trinajstić information content (AvgIpc) is 3.13. The molecule has 2 aromatic heterocycles. The monoisotopic (exact) mass is 332 g/mol. The van der Waals surface area contributed by atoms with E-state index >= 15 is 0 Å². The Bertz CT molecular complexity index is 936. The minimum Gasteiger partial charge on any atom is -0.383 e. The summed E-state index contributed by atoms with van der Waals surface area (Å²) in [4.78, 5) is 11.2. The number of anilines is 1. The van der Waals surface area contributed by atoms with Crippen LogP contribution in [-0.2, 0) is 5.75 Å². The number of aromatic nitrogens is 3. The number of H-pyrrole nitrogens is 1. The molecule has 3 N–H and O–H groups in total. The number of hydrogen-bond acceptors (Lipinski definition) is 6. The van der Waals surface area contributed by atoms with Gasteiger partial charge in [-0.15, -0.1) is 0 Å². The molecule has 0 aliphatic carbocycles. The summed E-state index contributed by atoms with van der Waals surface area (Å²) >= 11 is 1.38. The molecular weight excluding hydrogens is 320 g/mol. The molecule has 0 radical (unpaired) electrons. The van der Waals surface area contributed by atoms with E-state index in [0.717, 1.165) is 11.3 Å². The molecule has 7 heteroatoms. The summed E-state index contributed by atoms with van der Waals surface area (Å²) in [5.41, 5.74) is 8.76. The molecule has 116 valence electrons. The summed E-state index contributed by atoms with van der Waals surface area (Å²) in [7, 11) is 0. The highest BCUT2D eigenvalue weighted by Crippen LogP contribution is 2.36. The molecule has 0 spiro atoms. The minimum absolute atomic E-state index is 0.127. The topological polar surface area (TPSA) is 115 Å². The van der Waals surface area contributed by atoms with Crippen molar-refractivity contribution in [2.24, 2.45) is 0 Å². The average molecular weight is 332 g/mol. The molecule has 0 aliphatic heterocycles. The lowest BCUT2D eigenvalue weighted by Gasteiger charge is -2.12. The number of nitrogens with zero attached hydrogens (tertiary/aromatic N) is 4. The fourth-order valence-corrected chi connectivity index (χ4v) is 3.21. The zero-order valence-corrected chi connectivity index (χ0v) is 13.3. The standard InChI is InChI=1S/C17H12N6S/c18-6-13-15(11-4-2-1-3-5-11)14(7-19)17(23-16(13)20)24-9-12-8-21-10-22-12/h1-5,8,10H,9H2,(H2,20,23)(H,21,22). The first-order chi connectivity index (χ1) is 11.7. The predicted molar refractivity (Wildman–Crippen MR) is 91.7 cm³/mol. The number of nitriles is 2. The van der Waals surface area contributed by atoms with Crippen molar-refractivity contribution in [3.05, 3.63) is 59.7 Å². The summed E-state index contributed by atoms with van der Waals surface area (Å²) in [5.74, 6) is 0.698. The Morgan fingerprint density at radius 3 is 2.50 bits per heavy atom. The normalized spacial score (nSPS) is 10.1. The van der Waals surface area contributed by atoms with E-state index in [2.05, 4.69) is 27.1 Å². The van der Waals surface area contributed by atoms with Crippen molar-refractivity contribution in [2.75, 3.05) is 5.73 Å². The summed E-state index contributed by atoms with van der Waals surface area (Å²) in [6.45, 7) is 0. The van der Waals surface area contributed by atoms with Crippen LogP contribution in [0.4, 0.5) is 5.82 Å². The Kier molecular flexibility index (Phi) is 4.46. The van der Waals surface area contributed by atoms with Gasteiger partial charge in [-0.05, 0) is 5.56 Å². The number of nitrogens with two attached hydrogens (primary N) is 1. The van der Waals surface area contributed by atoms with E-state index < -0.39 is 0 Å². The largest absolute Gasteiger partial charge is 0.383 e. The van der Waals surface area contributed by atoms with E-state index in [-0.39, 0.29) is 11.4 Å². The van der Waals surface area contributed by atoms with Crippen LogP contribution < -0.4 is 5.73 Å². The first-order valence-corrected chi connectivity index (χ1v) is 8.02. The van der Waals surface area contributed by atoms with E-state index in [1.807, 2.05) is 30.3 Å². The third kappa shape index (κ3) is 2.94. The second kappa shape index (κ2) is 6.86.